The Labute approximate surface area is 73.4 Å². The standard InChI is InChI=1S/C10H11S/c1-2-5-9-6-3-4-7-10(9)8-11/h2-4,6,11H,1,5,8H2. The van der Waals surface area contributed by atoms with Gasteiger partial charge in [-0.25, -0.2) is 0 Å². The maximum Gasteiger partial charge on any atom is 0.0163 e. The van der Waals surface area contributed by atoms with Crippen LogP contribution in [0.4, 0.5) is 0 Å². The molecule has 0 spiro atoms. The predicted octanol–water partition coefficient (Wildman–Crippen LogP) is 2.65. The molecular formula is C10H11S. The third-order valence-electron chi connectivity index (χ3n) is 1.56. The zero-order valence-corrected chi connectivity index (χ0v) is 7.27. The highest BCUT2D eigenvalue weighted by Crippen LogP contribution is 2.10. The van der Waals surface area contributed by atoms with E-state index < -0.39 is 0 Å². The average molecular weight is 163 g/mol. The Hall–Kier alpha value is -0.690. The van der Waals surface area contributed by atoms with E-state index in [2.05, 4.69) is 31.3 Å². The smallest absolute Gasteiger partial charge is 0.0163 e. The van der Waals surface area contributed by atoms with E-state index in [1.807, 2.05) is 18.2 Å². The topological polar surface area (TPSA) is 0 Å². The predicted molar refractivity (Wildman–Crippen MR) is 51.9 cm³/mol. The van der Waals surface area contributed by atoms with Gasteiger partial charge in [-0.2, -0.15) is 12.6 Å². The minimum Gasteiger partial charge on any atom is -0.175 e. The van der Waals surface area contributed by atoms with Gasteiger partial charge in [-0.15, -0.1) is 6.58 Å². The molecule has 0 saturated heterocycles. The van der Waals surface area contributed by atoms with Crippen LogP contribution in [0.5, 0.6) is 0 Å². The van der Waals surface area contributed by atoms with Crippen LogP contribution in [0.2, 0.25) is 0 Å². The van der Waals surface area contributed by atoms with E-state index >= 15 is 0 Å². The van der Waals surface area contributed by atoms with E-state index in [9.17, 15) is 0 Å². The van der Waals surface area contributed by atoms with Crippen LogP contribution in [0.15, 0.2) is 30.9 Å². The molecule has 0 aliphatic rings. The number of allylic oxidation sites excluding steroid dienone is 1. The molecule has 0 fully saturated rings. The van der Waals surface area contributed by atoms with Crippen LogP contribution in [0, 0.1) is 6.07 Å². The summed E-state index contributed by atoms with van der Waals surface area (Å²) in [5, 5.41) is 0. The van der Waals surface area contributed by atoms with Gasteiger partial charge < -0.3 is 0 Å². The van der Waals surface area contributed by atoms with Crippen LogP contribution >= 0.6 is 12.6 Å². The molecule has 0 aliphatic heterocycles. The minimum atomic E-state index is 0.754. The number of benzene rings is 1. The summed E-state index contributed by atoms with van der Waals surface area (Å²) in [7, 11) is 0. The molecule has 0 nitrogen and oxygen atoms in total. The normalized spacial score (nSPS) is 9.55. The Morgan fingerprint density at radius 1 is 1.64 bits per heavy atom. The van der Waals surface area contributed by atoms with Crippen molar-refractivity contribution in [2.75, 3.05) is 0 Å². The van der Waals surface area contributed by atoms with Crippen LogP contribution in [0.1, 0.15) is 11.1 Å². The Balaban J connectivity index is 2.92. The second-order valence-corrected chi connectivity index (χ2v) is 2.64. The fourth-order valence-corrected chi connectivity index (χ4v) is 1.29. The Morgan fingerprint density at radius 2 is 2.45 bits per heavy atom. The van der Waals surface area contributed by atoms with Crippen molar-refractivity contribution in [2.45, 2.75) is 12.2 Å². The molecule has 0 aliphatic carbocycles. The van der Waals surface area contributed by atoms with Gasteiger partial charge in [0.2, 0.25) is 0 Å². The molecule has 0 bridgehead atoms. The summed E-state index contributed by atoms with van der Waals surface area (Å²) in [5.41, 5.74) is 2.45. The molecule has 1 rings (SSSR count). The van der Waals surface area contributed by atoms with Crippen LogP contribution in [0.3, 0.4) is 0 Å². The summed E-state index contributed by atoms with van der Waals surface area (Å²) in [6.45, 7) is 3.69. The van der Waals surface area contributed by atoms with Crippen molar-refractivity contribution < 1.29 is 0 Å². The van der Waals surface area contributed by atoms with Crippen molar-refractivity contribution in [3.8, 4) is 0 Å². The molecule has 0 amide bonds. The van der Waals surface area contributed by atoms with Crippen molar-refractivity contribution in [1.82, 2.24) is 0 Å². The summed E-state index contributed by atoms with van der Waals surface area (Å²) >= 11 is 4.21. The summed E-state index contributed by atoms with van der Waals surface area (Å²) in [4.78, 5) is 0. The maximum absolute atomic E-state index is 4.21. The second-order valence-electron chi connectivity index (χ2n) is 2.32. The minimum absolute atomic E-state index is 0.754. The first-order valence-electron chi connectivity index (χ1n) is 3.58. The van der Waals surface area contributed by atoms with E-state index in [4.69, 9.17) is 0 Å². The van der Waals surface area contributed by atoms with E-state index in [0.717, 1.165) is 12.2 Å². The van der Waals surface area contributed by atoms with Gasteiger partial charge in [-0.05, 0) is 23.6 Å². The van der Waals surface area contributed by atoms with Gasteiger partial charge in [0.05, 0.1) is 0 Å². The first kappa shape index (κ1) is 8.41. The molecule has 1 heteroatoms. The van der Waals surface area contributed by atoms with E-state index in [0.29, 0.717) is 0 Å². The molecule has 0 N–H and O–H groups in total. The lowest BCUT2D eigenvalue weighted by Gasteiger charge is -2.02. The van der Waals surface area contributed by atoms with Gasteiger partial charge in [0.1, 0.15) is 0 Å². The summed E-state index contributed by atoms with van der Waals surface area (Å²) in [5.74, 6) is 0.754. The van der Waals surface area contributed by atoms with Crippen molar-refractivity contribution in [2.24, 2.45) is 0 Å². The number of hydrogen-bond donors (Lipinski definition) is 1. The molecule has 11 heavy (non-hydrogen) atoms. The Morgan fingerprint density at radius 3 is 3.09 bits per heavy atom. The highest BCUT2D eigenvalue weighted by Gasteiger charge is 1.96. The summed E-state index contributed by atoms with van der Waals surface area (Å²) in [6, 6.07) is 9.14. The molecule has 1 aromatic rings. The fraction of sp³-hybridized carbons (Fsp3) is 0.200. The second kappa shape index (κ2) is 4.24. The molecule has 1 aromatic carbocycles. The quantitative estimate of drug-likeness (QED) is 0.514. The van der Waals surface area contributed by atoms with Crippen LogP contribution in [0.25, 0.3) is 0 Å². The molecule has 57 valence electrons. The first-order chi connectivity index (χ1) is 5.38. The van der Waals surface area contributed by atoms with Crippen molar-refractivity contribution in [3.63, 3.8) is 0 Å². The van der Waals surface area contributed by atoms with Gasteiger partial charge in [-0.1, -0.05) is 24.3 Å². The summed E-state index contributed by atoms with van der Waals surface area (Å²) in [6.07, 6.45) is 2.81. The fourth-order valence-electron chi connectivity index (χ4n) is 1.00. The number of rotatable bonds is 3. The van der Waals surface area contributed by atoms with Gasteiger partial charge >= 0.3 is 0 Å². The lowest BCUT2D eigenvalue weighted by Crippen LogP contribution is -1.88. The lowest BCUT2D eigenvalue weighted by atomic mass is 10.1. The zero-order chi connectivity index (χ0) is 8.10. The maximum atomic E-state index is 4.21. The molecule has 0 atom stereocenters. The van der Waals surface area contributed by atoms with Crippen LogP contribution < -0.4 is 0 Å². The van der Waals surface area contributed by atoms with Crippen LogP contribution in [-0.2, 0) is 12.2 Å². The number of thiol groups is 1. The molecular weight excluding hydrogens is 152 g/mol. The van der Waals surface area contributed by atoms with E-state index in [-0.39, 0.29) is 0 Å². The van der Waals surface area contributed by atoms with Gasteiger partial charge in [0, 0.05) is 5.75 Å². The largest absolute Gasteiger partial charge is 0.175 e. The van der Waals surface area contributed by atoms with Gasteiger partial charge in [0.25, 0.3) is 0 Å². The SMILES string of the molecule is C=CCc1ccc[c]c1CS. The van der Waals surface area contributed by atoms with Crippen molar-refractivity contribution in [1.29, 1.82) is 0 Å². The third kappa shape index (κ3) is 2.12. The van der Waals surface area contributed by atoms with Gasteiger partial charge in [0.15, 0.2) is 0 Å². The monoisotopic (exact) mass is 163 g/mol. The van der Waals surface area contributed by atoms with Crippen molar-refractivity contribution in [3.05, 3.63) is 48.0 Å². The summed E-state index contributed by atoms with van der Waals surface area (Å²) < 4.78 is 0. The zero-order valence-electron chi connectivity index (χ0n) is 6.38. The van der Waals surface area contributed by atoms with Crippen molar-refractivity contribution >= 4 is 12.6 Å². The first-order valence-corrected chi connectivity index (χ1v) is 4.22. The highest BCUT2D eigenvalue weighted by molar-refractivity contribution is 7.79. The lowest BCUT2D eigenvalue weighted by molar-refractivity contribution is 1.20. The van der Waals surface area contributed by atoms with E-state index in [1.54, 1.807) is 0 Å². The molecule has 1 radical (unpaired) electrons. The Kier molecular flexibility index (Phi) is 3.24. The molecule has 0 heterocycles. The average Bonchev–Trinajstić information content (AvgIpc) is 2.06. The number of hydrogen-bond acceptors (Lipinski definition) is 1. The van der Waals surface area contributed by atoms with E-state index in [1.165, 1.54) is 11.1 Å². The van der Waals surface area contributed by atoms with Crippen LogP contribution in [-0.4, -0.2) is 0 Å². The van der Waals surface area contributed by atoms with Gasteiger partial charge in [-0.3, -0.25) is 0 Å². The highest BCUT2D eigenvalue weighted by atomic mass is 32.1. The molecule has 0 aromatic heterocycles. The Bertz CT molecular complexity index is 240. The molecule has 0 unspecified atom stereocenters. The molecule has 0 saturated carbocycles. The third-order valence-corrected chi connectivity index (χ3v) is 1.88.